The summed E-state index contributed by atoms with van der Waals surface area (Å²) in [5, 5.41) is 1.53. The second-order valence-corrected chi connectivity index (χ2v) is 7.46. The largest absolute Gasteiger partial charge is 0.345 e. The minimum Gasteiger partial charge on any atom is -0.345 e. The molecule has 0 saturated carbocycles. The molecule has 0 aromatic carbocycles. The highest BCUT2D eigenvalue weighted by molar-refractivity contribution is 6.21. The Bertz CT molecular complexity index is 1470. The lowest BCUT2D eigenvalue weighted by molar-refractivity contribution is 0.104. The van der Waals surface area contributed by atoms with Crippen molar-refractivity contribution < 1.29 is 4.79 Å². The maximum atomic E-state index is 13.6. The van der Waals surface area contributed by atoms with E-state index in [1.807, 2.05) is 36.4 Å². The number of carbonyl (C=O) groups is 1. The fourth-order valence-electron chi connectivity index (χ4n) is 3.91. The van der Waals surface area contributed by atoms with Crippen LogP contribution in [-0.4, -0.2) is 35.7 Å². The monoisotopic (exact) mass is 416 g/mol. The highest BCUT2D eigenvalue weighted by Gasteiger charge is 2.20. The van der Waals surface area contributed by atoms with Crippen LogP contribution in [0.1, 0.15) is 15.9 Å². The van der Waals surface area contributed by atoms with E-state index in [0.29, 0.717) is 22.4 Å². The summed E-state index contributed by atoms with van der Waals surface area (Å²) in [6.45, 7) is 0. The zero-order valence-corrected chi connectivity index (χ0v) is 16.8. The van der Waals surface area contributed by atoms with Crippen molar-refractivity contribution >= 4 is 27.9 Å². The molecule has 0 radical (unpaired) electrons. The van der Waals surface area contributed by atoms with Gasteiger partial charge in [0.05, 0.1) is 0 Å². The Morgan fingerprint density at radius 1 is 0.656 bits per heavy atom. The molecule has 7 heteroatoms. The maximum Gasteiger partial charge on any atom is 0.197 e. The molecular formula is C25H16N6O. The van der Waals surface area contributed by atoms with Crippen LogP contribution in [0.15, 0.2) is 86.0 Å². The number of rotatable bonds is 4. The number of nitrogens with zero attached hydrogens (tertiary/aromatic N) is 4. The van der Waals surface area contributed by atoms with Crippen LogP contribution in [0, 0.1) is 0 Å². The summed E-state index contributed by atoms with van der Waals surface area (Å²) in [4.78, 5) is 37.1. The van der Waals surface area contributed by atoms with Crippen molar-refractivity contribution in [3.63, 3.8) is 0 Å². The number of nitrogens with one attached hydrogen (secondary N) is 2. The van der Waals surface area contributed by atoms with Gasteiger partial charge >= 0.3 is 0 Å². The summed E-state index contributed by atoms with van der Waals surface area (Å²) >= 11 is 0. The third-order valence-corrected chi connectivity index (χ3v) is 5.54. The Balaban J connectivity index is 1.46. The number of ketones is 1. The van der Waals surface area contributed by atoms with Crippen LogP contribution in [0.4, 0.5) is 0 Å². The van der Waals surface area contributed by atoms with Gasteiger partial charge in [0.2, 0.25) is 0 Å². The average Bonchev–Trinajstić information content (AvgIpc) is 3.48. The van der Waals surface area contributed by atoms with E-state index >= 15 is 0 Å². The molecule has 152 valence electrons. The Morgan fingerprint density at radius 2 is 1.16 bits per heavy atom. The zero-order valence-electron chi connectivity index (χ0n) is 16.8. The molecule has 7 nitrogen and oxygen atoms in total. The van der Waals surface area contributed by atoms with Gasteiger partial charge in [-0.15, -0.1) is 0 Å². The van der Waals surface area contributed by atoms with E-state index in [4.69, 9.17) is 0 Å². The molecule has 0 amide bonds. The van der Waals surface area contributed by atoms with Crippen molar-refractivity contribution in [2.24, 2.45) is 0 Å². The van der Waals surface area contributed by atoms with Crippen LogP contribution in [-0.2, 0) is 0 Å². The standard InChI is InChI=1S/C25H16N6O/c32-23(21-13-30-24-19(21)7-17(11-28-24)15-3-1-5-26-9-15)22-14-31-25-20(22)8-18(12-29-25)16-4-2-6-27-10-16/h1-14H,(H,28,30)(H,29,31). The minimum absolute atomic E-state index is 0.0993. The van der Waals surface area contributed by atoms with Crippen molar-refractivity contribution in [1.29, 1.82) is 0 Å². The van der Waals surface area contributed by atoms with Crippen molar-refractivity contribution in [2.75, 3.05) is 0 Å². The van der Waals surface area contributed by atoms with E-state index in [1.54, 1.807) is 49.6 Å². The van der Waals surface area contributed by atoms with Gasteiger partial charge in [-0.2, -0.15) is 0 Å². The highest BCUT2D eigenvalue weighted by Crippen LogP contribution is 2.29. The Hall–Kier alpha value is -4.65. The van der Waals surface area contributed by atoms with Gasteiger partial charge in [-0.1, -0.05) is 12.1 Å². The van der Waals surface area contributed by atoms with E-state index in [-0.39, 0.29) is 5.78 Å². The number of fused-ring (bicyclic) bond motifs is 2. The second-order valence-electron chi connectivity index (χ2n) is 7.46. The second kappa shape index (κ2) is 7.24. The van der Waals surface area contributed by atoms with Crippen LogP contribution >= 0.6 is 0 Å². The topological polar surface area (TPSA) is 100 Å². The molecule has 0 saturated heterocycles. The van der Waals surface area contributed by atoms with Gasteiger partial charge in [0.25, 0.3) is 0 Å². The van der Waals surface area contributed by atoms with Crippen LogP contribution < -0.4 is 0 Å². The van der Waals surface area contributed by atoms with Gasteiger partial charge < -0.3 is 9.97 Å². The number of aromatic amines is 2. The van der Waals surface area contributed by atoms with Crippen molar-refractivity contribution in [3.05, 3.63) is 97.1 Å². The molecule has 6 heterocycles. The molecule has 6 aromatic heterocycles. The predicted octanol–water partition coefficient (Wildman–Crippen LogP) is 4.79. The summed E-state index contributed by atoms with van der Waals surface area (Å²) in [6.07, 6.45) is 14.0. The number of aromatic nitrogens is 6. The van der Waals surface area contributed by atoms with E-state index in [0.717, 1.165) is 33.0 Å². The first-order chi connectivity index (χ1) is 15.8. The predicted molar refractivity (Wildman–Crippen MR) is 122 cm³/mol. The molecule has 0 aliphatic rings. The van der Waals surface area contributed by atoms with Gasteiger partial charge in [0, 0.05) is 93.7 Å². The lowest BCUT2D eigenvalue weighted by Crippen LogP contribution is -1.99. The number of H-pyrrole nitrogens is 2. The Morgan fingerprint density at radius 3 is 1.59 bits per heavy atom. The fraction of sp³-hybridized carbons (Fsp3) is 0. The minimum atomic E-state index is -0.0993. The summed E-state index contributed by atoms with van der Waals surface area (Å²) in [5.74, 6) is -0.0993. The number of pyridine rings is 4. The van der Waals surface area contributed by atoms with E-state index in [2.05, 4.69) is 29.9 Å². The molecule has 0 fully saturated rings. The number of carbonyl (C=O) groups excluding carboxylic acids is 1. The summed E-state index contributed by atoms with van der Waals surface area (Å²) in [6, 6.07) is 11.6. The quantitative estimate of drug-likeness (QED) is 0.402. The number of hydrogen-bond donors (Lipinski definition) is 2. The molecule has 0 aliphatic heterocycles. The van der Waals surface area contributed by atoms with Crippen molar-refractivity contribution in [3.8, 4) is 22.3 Å². The first kappa shape index (κ1) is 18.1. The van der Waals surface area contributed by atoms with E-state index in [1.165, 1.54) is 0 Å². The van der Waals surface area contributed by atoms with Crippen LogP contribution in [0.5, 0.6) is 0 Å². The van der Waals surface area contributed by atoms with Gasteiger partial charge in [-0.05, 0) is 24.3 Å². The molecule has 6 aromatic rings. The van der Waals surface area contributed by atoms with Crippen LogP contribution in [0.25, 0.3) is 44.3 Å². The van der Waals surface area contributed by atoms with Crippen LogP contribution in [0.3, 0.4) is 0 Å². The summed E-state index contributed by atoms with van der Waals surface area (Å²) in [7, 11) is 0. The molecule has 32 heavy (non-hydrogen) atoms. The SMILES string of the molecule is O=C(c1c[nH]c2ncc(-c3cccnc3)cc12)c1c[nH]c2ncc(-c3cccnc3)cc12. The normalized spacial score (nSPS) is 11.2. The van der Waals surface area contributed by atoms with Crippen molar-refractivity contribution in [2.45, 2.75) is 0 Å². The lowest BCUT2D eigenvalue weighted by Gasteiger charge is -2.03. The smallest absolute Gasteiger partial charge is 0.197 e. The first-order valence-electron chi connectivity index (χ1n) is 10.1. The third-order valence-electron chi connectivity index (χ3n) is 5.54. The molecule has 0 aliphatic carbocycles. The average molecular weight is 416 g/mol. The lowest BCUT2D eigenvalue weighted by atomic mass is 10.0. The third kappa shape index (κ3) is 2.95. The summed E-state index contributed by atoms with van der Waals surface area (Å²) < 4.78 is 0. The van der Waals surface area contributed by atoms with E-state index in [9.17, 15) is 4.79 Å². The van der Waals surface area contributed by atoms with Crippen LogP contribution in [0.2, 0.25) is 0 Å². The molecule has 0 unspecified atom stereocenters. The van der Waals surface area contributed by atoms with Crippen molar-refractivity contribution in [1.82, 2.24) is 29.9 Å². The van der Waals surface area contributed by atoms with Gasteiger partial charge in [-0.25, -0.2) is 9.97 Å². The summed E-state index contributed by atoms with van der Waals surface area (Å²) in [5.41, 5.74) is 6.14. The van der Waals surface area contributed by atoms with Gasteiger partial charge in [0.15, 0.2) is 5.78 Å². The first-order valence-corrected chi connectivity index (χ1v) is 10.1. The zero-order chi connectivity index (χ0) is 21.5. The molecule has 0 spiro atoms. The maximum absolute atomic E-state index is 13.6. The highest BCUT2D eigenvalue weighted by atomic mass is 16.1. The Kier molecular flexibility index (Phi) is 4.11. The molecule has 2 N–H and O–H groups in total. The molecule has 0 bridgehead atoms. The molecule has 0 atom stereocenters. The fourth-order valence-corrected chi connectivity index (χ4v) is 3.91. The Labute approximate surface area is 182 Å². The number of hydrogen-bond acceptors (Lipinski definition) is 5. The van der Waals surface area contributed by atoms with Gasteiger partial charge in [-0.3, -0.25) is 14.8 Å². The molecule has 6 rings (SSSR count). The molecular weight excluding hydrogens is 400 g/mol. The van der Waals surface area contributed by atoms with E-state index < -0.39 is 0 Å². The van der Waals surface area contributed by atoms with Gasteiger partial charge in [0.1, 0.15) is 11.3 Å².